The summed E-state index contributed by atoms with van der Waals surface area (Å²) < 4.78 is 5.58. The lowest BCUT2D eigenvalue weighted by Crippen LogP contribution is -1.90. The van der Waals surface area contributed by atoms with E-state index in [1.807, 2.05) is 0 Å². The molecule has 0 bridgehead atoms. The van der Waals surface area contributed by atoms with Gasteiger partial charge in [-0.25, -0.2) is 0 Å². The first-order chi connectivity index (χ1) is 10.1. The van der Waals surface area contributed by atoms with Crippen molar-refractivity contribution < 1.29 is 0 Å². The minimum atomic E-state index is 1.12. The van der Waals surface area contributed by atoms with Gasteiger partial charge in [0.1, 0.15) is 0 Å². The fourth-order valence-electron chi connectivity index (χ4n) is 3.12. The van der Waals surface area contributed by atoms with E-state index in [9.17, 15) is 0 Å². The number of nitrogens with zero attached hydrogens (tertiary/aromatic N) is 2. The molecule has 0 amide bonds. The van der Waals surface area contributed by atoms with Crippen molar-refractivity contribution in [1.29, 1.82) is 0 Å². The first kappa shape index (κ1) is 12.7. The number of fused-ring (bicyclic) bond motifs is 2. The Balaban J connectivity index is 2.07. The standard InChI is InChI=1S/C18H15BrN2/c1-20-11-15(14-5-3-4-6-17(14)20)18-10-12-9-13(19)7-8-16(12)21(18)2/h3-11H,1-2H3. The highest BCUT2D eigenvalue weighted by atomic mass is 79.9. The molecule has 0 aliphatic carbocycles. The summed E-state index contributed by atoms with van der Waals surface area (Å²) in [6.07, 6.45) is 2.22. The average molecular weight is 339 g/mol. The third kappa shape index (κ3) is 1.84. The maximum absolute atomic E-state index is 3.55. The van der Waals surface area contributed by atoms with Gasteiger partial charge < -0.3 is 9.13 Å². The van der Waals surface area contributed by atoms with E-state index in [0.29, 0.717) is 0 Å². The monoisotopic (exact) mass is 338 g/mol. The lowest BCUT2D eigenvalue weighted by Gasteiger charge is -2.03. The van der Waals surface area contributed by atoms with E-state index in [2.05, 4.69) is 93.9 Å². The molecule has 2 heterocycles. The first-order valence-corrected chi connectivity index (χ1v) is 7.74. The van der Waals surface area contributed by atoms with E-state index >= 15 is 0 Å². The summed E-state index contributed by atoms with van der Waals surface area (Å²) in [4.78, 5) is 0. The van der Waals surface area contributed by atoms with Crippen molar-refractivity contribution in [2.45, 2.75) is 0 Å². The predicted molar refractivity (Wildman–Crippen MR) is 92.5 cm³/mol. The minimum Gasteiger partial charge on any atom is -0.350 e. The number of aryl methyl sites for hydroxylation is 2. The summed E-state index contributed by atoms with van der Waals surface area (Å²) in [5.74, 6) is 0. The largest absolute Gasteiger partial charge is 0.350 e. The van der Waals surface area contributed by atoms with E-state index < -0.39 is 0 Å². The number of aromatic nitrogens is 2. The average Bonchev–Trinajstić information content (AvgIpc) is 2.98. The summed E-state index contributed by atoms with van der Waals surface area (Å²) >= 11 is 3.55. The van der Waals surface area contributed by atoms with E-state index in [1.165, 1.54) is 33.1 Å². The second-order valence-electron chi connectivity index (χ2n) is 5.46. The molecule has 3 heteroatoms. The van der Waals surface area contributed by atoms with Crippen LogP contribution in [0, 0.1) is 0 Å². The molecule has 2 aromatic heterocycles. The lowest BCUT2D eigenvalue weighted by molar-refractivity contribution is 0.957. The Bertz CT molecular complexity index is 976. The number of hydrogen-bond acceptors (Lipinski definition) is 0. The molecule has 0 aliphatic heterocycles. The third-order valence-electron chi connectivity index (χ3n) is 4.18. The topological polar surface area (TPSA) is 9.86 Å². The van der Waals surface area contributed by atoms with Gasteiger partial charge in [-0.2, -0.15) is 0 Å². The molecule has 0 unspecified atom stereocenters. The third-order valence-corrected chi connectivity index (χ3v) is 4.67. The molecule has 2 aromatic carbocycles. The van der Waals surface area contributed by atoms with Crippen molar-refractivity contribution in [2.24, 2.45) is 14.1 Å². The van der Waals surface area contributed by atoms with Gasteiger partial charge in [0.05, 0.1) is 5.69 Å². The molecule has 0 fully saturated rings. The molecule has 0 radical (unpaired) electrons. The zero-order chi connectivity index (χ0) is 14.6. The van der Waals surface area contributed by atoms with Gasteiger partial charge in [0, 0.05) is 52.1 Å². The van der Waals surface area contributed by atoms with E-state index in [1.54, 1.807) is 0 Å². The molecule has 0 saturated heterocycles. The Labute approximate surface area is 131 Å². The Morgan fingerprint density at radius 2 is 1.71 bits per heavy atom. The first-order valence-electron chi connectivity index (χ1n) is 6.94. The molecule has 0 aliphatic rings. The van der Waals surface area contributed by atoms with E-state index in [-0.39, 0.29) is 0 Å². The zero-order valence-corrected chi connectivity index (χ0v) is 13.6. The highest BCUT2D eigenvalue weighted by molar-refractivity contribution is 9.10. The molecular weight excluding hydrogens is 324 g/mol. The SMILES string of the molecule is Cn1cc(-c2cc3cc(Br)ccc3n2C)c2ccccc21. The highest BCUT2D eigenvalue weighted by Crippen LogP contribution is 2.34. The Hall–Kier alpha value is -2.00. The van der Waals surface area contributed by atoms with Crippen LogP contribution in [0.5, 0.6) is 0 Å². The summed E-state index contributed by atoms with van der Waals surface area (Å²) in [7, 11) is 4.23. The second-order valence-corrected chi connectivity index (χ2v) is 6.38. The van der Waals surface area contributed by atoms with Crippen LogP contribution in [0.15, 0.2) is 59.2 Å². The zero-order valence-electron chi connectivity index (χ0n) is 12.0. The van der Waals surface area contributed by atoms with Crippen LogP contribution in [0.25, 0.3) is 33.1 Å². The molecule has 4 rings (SSSR count). The molecule has 104 valence electrons. The van der Waals surface area contributed by atoms with Crippen LogP contribution >= 0.6 is 15.9 Å². The Kier molecular flexibility index (Phi) is 2.73. The van der Waals surface area contributed by atoms with Crippen molar-refractivity contribution in [1.82, 2.24) is 9.13 Å². The Morgan fingerprint density at radius 1 is 0.905 bits per heavy atom. The van der Waals surface area contributed by atoms with Gasteiger partial charge in [-0.3, -0.25) is 0 Å². The second kappa shape index (κ2) is 4.50. The van der Waals surface area contributed by atoms with Crippen molar-refractivity contribution in [3.63, 3.8) is 0 Å². The van der Waals surface area contributed by atoms with Crippen LogP contribution in [0.4, 0.5) is 0 Å². The molecule has 4 aromatic rings. The van der Waals surface area contributed by atoms with Gasteiger partial charge in [0.25, 0.3) is 0 Å². The van der Waals surface area contributed by atoms with Crippen LogP contribution in [0.1, 0.15) is 0 Å². The van der Waals surface area contributed by atoms with Crippen molar-refractivity contribution >= 4 is 37.7 Å². The molecule has 0 N–H and O–H groups in total. The van der Waals surface area contributed by atoms with Gasteiger partial charge in [-0.05, 0) is 30.3 Å². The summed E-state index contributed by atoms with van der Waals surface area (Å²) in [5.41, 5.74) is 5.04. The molecule has 0 saturated carbocycles. The van der Waals surface area contributed by atoms with Crippen LogP contribution in [-0.4, -0.2) is 9.13 Å². The fraction of sp³-hybridized carbons (Fsp3) is 0.111. The van der Waals surface area contributed by atoms with Crippen LogP contribution in [0.2, 0.25) is 0 Å². The minimum absolute atomic E-state index is 1.12. The number of halogens is 1. The highest BCUT2D eigenvalue weighted by Gasteiger charge is 2.13. The summed E-state index contributed by atoms with van der Waals surface area (Å²) in [6.45, 7) is 0. The van der Waals surface area contributed by atoms with E-state index in [4.69, 9.17) is 0 Å². The van der Waals surface area contributed by atoms with Crippen LogP contribution in [-0.2, 0) is 14.1 Å². The van der Waals surface area contributed by atoms with Gasteiger partial charge >= 0.3 is 0 Å². The lowest BCUT2D eigenvalue weighted by atomic mass is 10.1. The van der Waals surface area contributed by atoms with Gasteiger partial charge in [-0.15, -0.1) is 0 Å². The number of hydrogen-bond donors (Lipinski definition) is 0. The fourth-order valence-corrected chi connectivity index (χ4v) is 3.50. The molecule has 0 atom stereocenters. The van der Waals surface area contributed by atoms with E-state index in [0.717, 1.165) is 4.47 Å². The van der Waals surface area contributed by atoms with Crippen molar-refractivity contribution in [2.75, 3.05) is 0 Å². The van der Waals surface area contributed by atoms with Gasteiger partial charge in [0.15, 0.2) is 0 Å². The molecule has 2 nitrogen and oxygen atoms in total. The smallest absolute Gasteiger partial charge is 0.0510 e. The molecular formula is C18H15BrN2. The van der Waals surface area contributed by atoms with Crippen LogP contribution in [0.3, 0.4) is 0 Å². The predicted octanol–water partition coefficient (Wildman–Crippen LogP) is 5.10. The summed E-state index contributed by atoms with van der Waals surface area (Å²) in [6, 6.07) is 17.2. The molecule has 21 heavy (non-hydrogen) atoms. The van der Waals surface area contributed by atoms with Crippen molar-refractivity contribution in [3.05, 3.63) is 59.2 Å². The van der Waals surface area contributed by atoms with Gasteiger partial charge in [0.2, 0.25) is 0 Å². The summed E-state index contributed by atoms with van der Waals surface area (Å²) in [5, 5.41) is 2.56. The quantitative estimate of drug-likeness (QED) is 0.457. The van der Waals surface area contributed by atoms with Gasteiger partial charge in [-0.1, -0.05) is 34.1 Å². The number of para-hydroxylation sites is 1. The number of benzene rings is 2. The number of rotatable bonds is 1. The maximum atomic E-state index is 3.55. The Morgan fingerprint density at radius 3 is 2.57 bits per heavy atom. The van der Waals surface area contributed by atoms with Crippen molar-refractivity contribution in [3.8, 4) is 11.3 Å². The normalized spacial score (nSPS) is 11.6. The molecule has 0 spiro atoms. The van der Waals surface area contributed by atoms with Crippen LogP contribution < -0.4 is 0 Å². The maximum Gasteiger partial charge on any atom is 0.0510 e.